The second kappa shape index (κ2) is 11.5. The number of carbonyl (C=O) groups is 3. The molecule has 2 radical (unpaired) electrons. The Balaban J connectivity index is 1.71. The van der Waals surface area contributed by atoms with Crippen LogP contribution in [-0.4, -0.2) is 91.4 Å². The minimum absolute atomic E-state index is 0.196. The molecule has 0 bridgehead atoms. The van der Waals surface area contributed by atoms with Gasteiger partial charge in [0.05, 0.1) is 40.3 Å². The van der Waals surface area contributed by atoms with Gasteiger partial charge < -0.3 is 19.4 Å². The van der Waals surface area contributed by atoms with Crippen molar-refractivity contribution in [1.82, 2.24) is 15.2 Å². The molecule has 3 heterocycles. The van der Waals surface area contributed by atoms with Gasteiger partial charge >= 0.3 is 17.9 Å². The quantitative estimate of drug-likeness (QED) is 0.300. The number of hydrogen-bond donors (Lipinski definition) is 1. The highest BCUT2D eigenvalue weighted by molar-refractivity contribution is 5.76. The summed E-state index contributed by atoms with van der Waals surface area (Å²) in [6.45, 7) is 20.6. The first-order chi connectivity index (χ1) is 19.3. The Labute approximate surface area is 256 Å². The predicted molar refractivity (Wildman–Crippen MR) is 154 cm³/mol. The Hall–Kier alpha value is -1.83. The van der Waals surface area contributed by atoms with Gasteiger partial charge in [0.2, 0.25) is 0 Å². The molecule has 3 aliphatic rings. The molecule has 0 spiro atoms. The minimum atomic E-state index is -0.975. The van der Waals surface area contributed by atoms with Crippen LogP contribution in [-0.2, 0) is 39.0 Å². The third-order valence-electron chi connectivity index (χ3n) is 10.2. The van der Waals surface area contributed by atoms with Crippen LogP contribution in [0.15, 0.2) is 0 Å². The second-order valence-corrected chi connectivity index (χ2v) is 16.3. The first-order valence-electron chi connectivity index (χ1n) is 15.2. The minimum Gasteiger partial charge on any atom is -0.465 e. The van der Waals surface area contributed by atoms with Crippen LogP contribution < -0.4 is 0 Å². The van der Waals surface area contributed by atoms with Gasteiger partial charge in [-0.15, -0.1) is 20.5 Å². The van der Waals surface area contributed by atoms with Crippen LogP contribution in [0.1, 0.15) is 102 Å². The van der Waals surface area contributed by atoms with E-state index in [1.807, 2.05) is 13.8 Å². The summed E-state index contributed by atoms with van der Waals surface area (Å²) in [5, 5.41) is 39.3. The molecule has 3 atom stereocenters. The summed E-state index contributed by atoms with van der Waals surface area (Å²) in [6, 6.07) is 0. The lowest BCUT2D eigenvalue weighted by molar-refractivity contribution is -0.249. The topological polar surface area (TPSA) is 149 Å². The largest absolute Gasteiger partial charge is 0.465 e. The van der Waals surface area contributed by atoms with Gasteiger partial charge in [0.1, 0.15) is 19.8 Å². The second-order valence-electron chi connectivity index (χ2n) is 16.3. The van der Waals surface area contributed by atoms with Crippen molar-refractivity contribution in [1.29, 1.82) is 0 Å². The highest BCUT2D eigenvalue weighted by atomic mass is 16.6. The van der Waals surface area contributed by atoms with Gasteiger partial charge in [0.25, 0.3) is 0 Å². The molecule has 0 aliphatic carbocycles. The van der Waals surface area contributed by atoms with Crippen LogP contribution in [0.5, 0.6) is 0 Å². The molecule has 0 aromatic carbocycles. The Morgan fingerprint density at radius 2 is 0.860 bits per heavy atom. The smallest absolute Gasteiger partial charge is 0.310 e. The average Bonchev–Trinajstić information content (AvgIpc) is 3.25. The first-order valence-corrected chi connectivity index (χ1v) is 15.2. The number of esters is 3. The van der Waals surface area contributed by atoms with E-state index in [1.165, 1.54) is 5.06 Å². The summed E-state index contributed by atoms with van der Waals surface area (Å²) >= 11 is 0. The standard InChI is InChI=1S/C31H53N3O9/c1-26(2)13-20(29(7,8)32(26)38)23(35)41-16-19(17-42-24(36)21-14-27(3,4)33(39)30(21,9)10)18-43-25(37)22-15-28(5,6)34(40)31(22,11)12/h19-22,38H,13-18H2,1-12H3. The van der Waals surface area contributed by atoms with Crippen molar-refractivity contribution in [3.05, 3.63) is 0 Å². The van der Waals surface area contributed by atoms with Crippen LogP contribution in [0, 0.1) is 23.7 Å². The summed E-state index contributed by atoms with van der Waals surface area (Å²) in [6.07, 6.45) is 1.01. The van der Waals surface area contributed by atoms with E-state index in [0.717, 1.165) is 10.1 Å². The maximum absolute atomic E-state index is 13.2. The van der Waals surface area contributed by atoms with Crippen LogP contribution in [0.4, 0.5) is 0 Å². The SMILES string of the molecule is CC1(C)CC(C(=O)OCC(COC(=O)C2CC(C)(C)N([O])C2(C)C)COC(=O)C2CC(C)(C)N(O)C2(C)C)C(C)(C)N1[O]. The molecule has 0 saturated carbocycles. The van der Waals surface area contributed by atoms with Gasteiger partial charge in [-0.3, -0.25) is 14.4 Å². The third kappa shape index (κ3) is 6.60. The Bertz CT molecular complexity index is 951. The molecule has 0 amide bonds. The van der Waals surface area contributed by atoms with E-state index in [0.29, 0.717) is 19.3 Å². The third-order valence-corrected chi connectivity index (χ3v) is 10.2. The van der Waals surface area contributed by atoms with E-state index < -0.39 is 74.8 Å². The lowest BCUT2D eigenvalue weighted by atomic mass is 9.87. The molecular formula is C31H53N3O9. The van der Waals surface area contributed by atoms with Crippen molar-refractivity contribution in [2.75, 3.05) is 19.8 Å². The van der Waals surface area contributed by atoms with Gasteiger partial charge in [-0.2, -0.15) is 5.06 Å². The van der Waals surface area contributed by atoms with Crippen LogP contribution in [0.3, 0.4) is 0 Å². The first kappa shape index (κ1) is 35.6. The van der Waals surface area contributed by atoms with Crippen molar-refractivity contribution >= 4 is 17.9 Å². The van der Waals surface area contributed by atoms with E-state index in [4.69, 9.17) is 14.2 Å². The monoisotopic (exact) mass is 611 g/mol. The van der Waals surface area contributed by atoms with Gasteiger partial charge in [-0.1, -0.05) is 0 Å². The van der Waals surface area contributed by atoms with Crippen molar-refractivity contribution < 1.29 is 44.2 Å². The van der Waals surface area contributed by atoms with E-state index in [2.05, 4.69) is 0 Å². The fraction of sp³-hybridized carbons (Fsp3) is 0.903. The zero-order valence-electron chi connectivity index (χ0n) is 28.1. The molecular weight excluding hydrogens is 558 g/mol. The molecule has 3 fully saturated rings. The summed E-state index contributed by atoms with van der Waals surface area (Å²) < 4.78 is 17.0. The molecule has 12 nitrogen and oxygen atoms in total. The van der Waals surface area contributed by atoms with Gasteiger partial charge in [-0.25, -0.2) is 0 Å². The molecule has 43 heavy (non-hydrogen) atoms. The average molecular weight is 612 g/mol. The van der Waals surface area contributed by atoms with Crippen LogP contribution >= 0.6 is 0 Å². The fourth-order valence-electron chi connectivity index (χ4n) is 7.43. The summed E-state index contributed by atoms with van der Waals surface area (Å²) in [4.78, 5) is 39.6. The number of carbonyl (C=O) groups excluding carboxylic acids is 3. The fourth-order valence-corrected chi connectivity index (χ4v) is 7.43. The number of rotatable bonds is 9. The number of hydroxylamine groups is 6. The normalized spacial score (nSPS) is 31.5. The molecule has 3 saturated heterocycles. The lowest BCUT2D eigenvalue weighted by Crippen LogP contribution is -2.48. The molecule has 0 aromatic rings. The maximum Gasteiger partial charge on any atom is 0.310 e. The molecule has 12 heteroatoms. The van der Waals surface area contributed by atoms with E-state index in [1.54, 1.807) is 69.2 Å². The Kier molecular flexibility index (Phi) is 9.54. The molecule has 3 unspecified atom stereocenters. The summed E-state index contributed by atoms with van der Waals surface area (Å²) in [5.41, 5.74) is -4.93. The molecule has 3 aliphatic heterocycles. The molecule has 0 aromatic heterocycles. The van der Waals surface area contributed by atoms with E-state index in [-0.39, 0.29) is 19.8 Å². The van der Waals surface area contributed by atoms with E-state index in [9.17, 15) is 30.0 Å². The van der Waals surface area contributed by atoms with Gasteiger partial charge in [-0.05, 0) is 102 Å². The zero-order chi connectivity index (χ0) is 33.1. The van der Waals surface area contributed by atoms with Crippen molar-refractivity contribution in [3.8, 4) is 0 Å². The van der Waals surface area contributed by atoms with Crippen molar-refractivity contribution in [2.24, 2.45) is 23.7 Å². The molecule has 246 valence electrons. The Morgan fingerprint density at radius 1 is 0.581 bits per heavy atom. The van der Waals surface area contributed by atoms with Crippen LogP contribution in [0.2, 0.25) is 0 Å². The van der Waals surface area contributed by atoms with Crippen LogP contribution in [0.25, 0.3) is 0 Å². The number of ether oxygens (including phenoxy) is 3. The lowest BCUT2D eigenvalue weighted by Gasteiger charge is -2.35. The number of nitrogens with zero attached hydrogens (tertiary/aromatic N) is 3. The summed E-state index contributed by atoms with van der Waals surface area (Å²) in [7, 11) is 0. The highest BCUT2D eigenvalue weighted by Gasteiger charge is 2.58. The van der Waals surface area contributed by atoms with E-state index >= 15 is 0 Å². The highest BCUT2D eigenvalue weighted by Crippen LogP contribution is 2.46. The zero-order valence-corrected chi connectivity index (χ0v) is 28.1. The summed E-state index contributed by atoms with van der Waals surface area (Å²) in [5.74, 6) is -4.27. The van der Waals surface area contributed by atoms with Gasteiger partial charge in [0.15, 0.2) is 0 Å². The molecule has 3 rings (SSSR count). The maximum atomic E-state index is 13.2. The Morgan fingerprint density at radius 3 is 1.09 bits per heavy atom. The van der Waals surface area contributed by atoms with Crippen molar-refractivity contribution in [2.45, 2.75) is 136 Å². The van der Waals surface area contributed by atoms with Gasteiger partial charge in [0, 0.05) is 16.6 Å². The number of hydrogen-bond acceptors (Lipinski definition) is 10. The van der Waals surface area contributed by atoms with Crippen molar-refractivity contribution in [3.63, 3.8) is 0 Å². The molecule has 1 N–H and O–H groups in total. The predicted octanol–water partition coefficient (Wildman–Crippen LogP) is 3.95.